The van der Waals surface area contributed by atoms with Gasteiger partial charge in [-0.25, -0.2) is 9.59 Å². The van der Waals surface area contributed by atoms with E-state index in [0.717, 1.165) is 29.4 Å². The summed E-state index contributed by atoms with van der Waals surface area (Å²) in [5.74, 6) is -0.247. The van der Waals surface area contributed by atoms with Gasteiger partial charge in [-0.1, -0.05) is 0 Å². The van der Waals surface area contributed by atoms with Crippen molar-refractivity contribution in [2.75, 3.05) is 24.5 Å². The molecule has 3 heterocycles. The largest absolute Gasteiger partial charge is 0.444 e. The van der Waals surface area contributed by atoms with Crippen LogP contribution >= 0.6 is 0 Å². The third kappa shape index (κ3) is 4.10. The molecular formula is C21H27N5O4. The molecule has 0 radical (unpaired) electrons. The lowest BCUT2D eigenvalue weighted by Crippen LogP contribution is -2.49. The maximum absolute atomic E-state index is 12.3. The van der Waals surface area contributed by atoms with Gasteiger partial charge in [-0.3, -0.25) is 19.7 Å². The van der Waals surface area contributed by atoms with Crippen LogP contribution in [0.2, 0.25) is 0 Å². The van der Waals surface area contributed by atoms with Crippen molar-refractivity contribution >= 4 is 34.6 Å². The Bertz CT molecular complexity index is 985. The quantitative estimate of drug-likeness (QED) is 0.816. The summed E-state index contributed by atoms with van der Waals surface area (Å²) in [6, 6.07) is 5.56. The minimum atomic E-state index is -0.498. The predicted octanol–water partition coefficient (Wildman–Crippen LogP) is 3.05. The number of nitrogens with one attached hydrogen (secondary N) is 1. The van der Waals surface area contributed by atoms with Crippen LogP contribution < -0.4 is 10.2 Å². The van der Waals surface area contributed by atoms with E-state index >= 15 is 0 Å². The zero-order valence-corrected chi connectivity index (χ0v) is 17.6. The van der Waals surface area contributed by atoms with E-state index in [-0.39, 0.29) is 18.0 Å². The van der Waals surface area contributed by atoms with E-state index in [1.54, 1.807) is 16.0 Å². The smallest absolute Gasteiger partial charge is 0.410 e. The number of hydrogen-bond donors (Lipinski definition) is 1. The van der Waals surface area contributed by atoms with Crippen LogP contribution in [0.4, 0.5) is 15.3 Å². The molecule has 0 atom stereocenters. The number of rotatable bonds is 2. The molecule has 2 saturated heterocycles. The third-order valence-corrected chi connectivity index (χ3v) is 5.41. The number of aromatic nitrogens is 2. The maximum Gasteiger partial charge on any atom is 0.410 e. The van der Waals surface area contributed by atoms with Crippen molar-refractivity contribution in [3.8, 4) is 0 Å². The molecule has 160 valence electrons. The van der Waals surface area contributed by atoms with E-state index in [1.807, 2.05) is 43.7 Å². The van der Waals surface area contributed by atoms with Crippen molar-refractivity contribution in [2.24, 2.45) is 0 Å². The van der Waals surface area contributed by atoms with Crippen molar-refractivity contribution in [1.29, 1.82) is 0 Å². The average Bonchev–Trinajstić information content (AvgIpc) is 3.10. The molecule has 0 saturated carbocycles. The molecular weight excluding hydrogens is 386 g/mol. The van der Waals surface area contributed by atoms with Gasteiger partial charge in [0.15, 0.2) is 0 Å². The fourth-order valence-corrected chi connectivity index (χ4v) is 3.93. The summed E-state index contributed by atoms with van der Waals surface area (Å²) >= 11 is 0. The summed E-state index contributed by atoms with van der Waals surface area (Å²) in [4.78, 5) is 39.1. The Kier molecular flexibility index (Phi) is 5.13. The first-order chi connectivity index (χ1) is 14.2. The molecule has 9 nitrogen and oxygen atoms in total. The number of anilines is 1. The normalized spacial score (nSPS) is 18.6. The standard InChI is InChI=1S/C21H27N5O4/c1-21(2,3)30-20(29)24-9-6-15(7-10-24)26-17-5-4-16(12-14(17)13-22-26)25-11-8-18(27)23-19(25)28/h4-5,12-13,15H,6-11H2,1-3H3,(H,23,27,28). The highest BCUT2D eigenvalue weighted by molar-refractivity contribution is 6.06. The van der Waals surface area contributed by atoms with Gasteiger partial charge in [0.2, 0.25) is 5.91 Å². The Hall–Kier alpha value is -3.10. The zero-order valence-electron chi connectivity index (χ0n) is 17.6. The van der Waals surface area contributed by atoms with E-state index in [9.17, 15) is 14.4 Å². The van der Waals surface area contributed by atoms with Gasteiger partial charge in [0.1, 0.15) is 5.60 Å². The lowest BCUT2D eigenvalue weighted by molar-refractivity contribution is -0.120. The molecule has 2 aromatic rings. The number of likely N-dealkylation sites (tertiary alicyclic amines) is 1. The first kappa shape index (κ1) is 20.2. The van der Waals surface area contributed by atoms with Crippen LogP contribution in [-0.2, 0) is 9.53 Å². The number of fused-ring (bicyclic) bond motifs is 1. The van der Waals surface area contributed by atoms with Gasteiger partial charge < -0.3 is 9.64 Å². The molecule has 4 amide bonds. The minimum absolute atomic E-state index is 0.197. The van der Waals surface area contributed by atoms with Gasteiger partial charge >= 0.3 is 12.1 Å². The summed E-state index contributed by atoms with van der Waals surface area (Å²) in [6.07, 6.45) is 3.42. The highest BCUT2D eigenvalue weighted by atomic mass is 16.6. The monoisotopic (exact) mass is 413 g/mol. The molecule has 2 fully saturated rings. The van der Waals surface area contributed by atoms with Crippen LogP contribution in [0.1, 0.15) is 46.1 Å². The molecule has 2 aliphatic heterocycles. The van der Waals surface area contributed by atoms with Crippen LogP contribution in [0.15, 0.2) is 24.4 Å². The van der Waals surface area contributed by atoms with Gasteiger partial charge in [0, 0.05) is 37.1 Å². The predicted molar refractivity (Wildman–Crippen MR) is 111 cm³/mol. The topological polar surface area (TPSA) is 96.8 Å². The second-order valence-corrected chi connectivity index (χ2v) is 8.79. The number of carbonyl (C=O) groups excluding carboxylic acids is 3. The molecule has 1 N–H and O–H groups in total. The lowest BCUT2D eigenvalue weighted by Gasteiger charge is -2.33. The fraction of sp³-hybridized carbons (Fsp3) is 0.524. The van der Waals surface area contributed by atoms with Gasteiger partial charge in [-0.05, 0) is 51.8 Å². The Labute approximate surface area is 174 Å². The maximum atomic E-state index is 12.3. The number of hydrogen-bond acceptors (Lipinski definition) is 5. The Morgan fingerprint density at radius 1 is 1.17 bits per heavy atom. The lowest BCUT2D eigenvalue weighted by atomic mass is 10.1. The van der Waals surface area contributed by atoms with Crippen molar-refractivity contribution in [3.05, 3.63) is 24.4 Å². The molecule has 0 unspecified atom stereocenters. The molecule has 4 rings (SSSR count). The summed E-state index contributed by atoms with van der Waals surface area (Å²) in [5.41, 5.74) is 1.23. The van der Waals surface area contributed by atoms with Crippen molar-refractivity contribution in [1.82, 2.24) is 20.0 Å². The number of nitrogens with zero attached hydrogens (tertiary/aromatic N) is 4. The van der Waals surface area contributed by atoms with Crippen LogP contribution in [0, 0.1) is 0 Å². The Morgan fingerprint density at radius 2 is 1.90 bits per heavy atom. The van der Waals surface area contributed by atoms with Crippen molar-refractivity contribution in [3.63, 3.8) is 0 Å². The summed E-state index contributed by atoms with van der Waals surface area (Å²) < 4.78 is 7.47. The molecule has 30 heavy (non-hydrogen) atoms. The second-order valence-electron chi connectivity index (χ2n) is 8.79. The summed E-state index contributed by atoms with van der Waals surface area (Å²) in [5, 5.41) is 7.86. The van der Waals surface area contributed by atoms with Crippen LogP contribution in [0.3, 0.4) is 0 Å². The molecule has 1 aromatic carbocycles. The highest BCUT2D eigenvalue weighted by Gasteiger charge is 2.29. The molecule has 0 bridgehead atoms. The Morgan fingerprint density at radius 3 is 2.57 bits per heavy atom. The SMILES string of the molecule is CC(C)(C)OC(=O)N1CCC(n2ncc3cc(N4CCC(=O)NC4=O)ccc32)CC1. The highest BCUT2D eigenvalue weighted by Crippen LogP contribution is 2.29. The van der Waals surface area contributed by atoms with Gasteiger partial charge in [-0.2, -0.15) is 5.10 Å². The van der Waals surface area contributed by atoms with E-state index < -0.39 is 11.6 Å². The number of carbonyl (C=O) groups is 3. The molecule has 9 heteroatoms. The first-order valence-corrected chi connectivity index (χ1v) is 10.3. The van der Waals surface area contributed by atoms with Gasteiger partial charge in [-0.15, -0.1) is 0 Å². The second kappa shape index (κ2) is 7.62. The number of ether oxygens (including phenoxy) is 1. The number of imide groups is 1. The molecule has 0 aliphatic carbocycles. The van der Waals surface area contributed by atoms with E-state index in [1.165, 1.54) is 0 Å². The van der Waals surface area contributed by atoms with E-state index in [2.05, 4.69) is 10.4 Å². The van der Waals surface area contributed by atoms with E-state index in [4.69, 9.17) is 4.74 Å². The third-order valence-electron chi connectivity index (χ3n) is 5.41. The van der Waals surface area contributed by atoms with Crippen molar-refractivity contribution < 1.29 is 19.1 Å². The minimum Gasteiger partial charge on any atom is -0.444 e. The number of piperidine rings is 1. The zero-order chi connectivity index (χ0) is 21.5. The summed E-state index contributed by atoms with van der Waals surface area (Å²) in [6.45, 7) is 7.23. The molecule has 1 aromatic heterocycles. The van der Waals surface area contributed by atoms with E-state index in [0.29, 0.717) is 26.1 Å². The fourth-order valence-electron chi connectivity index (χ4n) is 3.93. The number of amides is 4. The van der Waals surface area contributed by atoms with Crippen LogP contribution in [-0.4, -0.2) is 57.9 Å². The number of urea groups is 1. The van der Waals surface area contributed by atoms with Gasteiger partial charge in [0.25, 0.3) is 0 Å². The van der Waals surface area contributed by atoms with Crippen LogP contribution in [0.25, 0.3) is 10.9 Å². The molecule has 2 aliphatic rings. The molecule has 0 spiro atoms. The average molecular weight is 413 g/mol. The first-order valence-electron chi connectivity index (χ1n) is 10.3. The van der Waals surface area contributed by atoms with Crippen LogP contribution in [0.5, 0.6) is 0 Å². The number of benzene rings is 1. The Balaban J connectivity index is 1.45. The van der Waals surface area contributed by atoms with Crippen molar-refractivity contribution in [2.45, 2.75) is 51.7 Å². The van der Waals surface area contributed by atoms with Gasteiger partial charge in [0.05, 0.1) is 17.8 Å². The summed E-state index contributed by atoms with van der Waals surface area (Å²) in [7, 11) is 0.